The standard InChI is InChI=1S/C19H12N4O/c1-11-6-8-12(9-7-11)17-15-16(22-19-20-10-21-23(17)19)13-4-2-3-5-14(13)18(15)24/h2-10H,1H3. The van der Waals surface area contributed by atoms with Gasteiger partial charge in [-0.2, -0.15) is 14.6 Å². The average molecular weight is 312 g/mol. The summed E-state index contributed by atoms with van der Waals surface area (Å²) in [6.07, 6.45) is 1.46. The number of fused-ring (bicyclic) bond motifs is 4. The van der Waals surface area contributed by atoms with Crippen molar-refractivity contribution in [3.05, 3.63) is 71.5 Å². The van der Waals surface area contributed by atoms with E-state index in [0.717, 1.165) is 22.4 Å². The fourth-order valence-electron chi connectivity index (χ4n) is 3.25. The molecule has 1 aliphatic rings. The highest BCUT2D eigenvalue weighted by atomic mass is 16.1. The van der Waals surface area contributed by atoms with E-state index in [-0.39, 0.29) is 5.78 Å². The van der Waals surface area contributed by atoms with Gasteiger partial charge in [0.25, 0.3) is 5.78 Å². The normalized spacial score (nSPS) is 12.5. The van der Waals surface area contributed by atoms with Crippen LogP contribution in [0.4, 0.5) is 0 Å². The minimum atomic E-state index is -0.0129. The Morgan fingerprint density at radius 2 is 1.71 bits per heavy atom. The van der Waals surface area contributed by atoms with Gasteiger partial charge in [0.05, 0.1) is 17.0 Å². The van der Waals surface area contributed by atoms with Crippen molar-refractivity contribution in [2.24, 2.45) is 0 Å². The Labute approximate surface area is 137 Å². The summed E-state index contributed by atoms with van der Waals surface area (Å²) < 4.78 is 1.65. The summed E-state index contributed by atoms with van der Waals surface area (Å²) in [6, 6.07) is 15.6. The first-order chi connectivity index (χ1) is 11.7. The molecular weight excluding hydrogens is 300 g/mol. The lowest BCUT2D eigenvalue weighted by molar-refractivity contribution is 0.104. The minimum absolute atomic E-state index is 0.0129. The number of carbonyl (C=O) groups is 1. The van der Waals surface area contributed by atoms with Crippen LogP contribution in [-0.2, 0) is 0 Å². The molecule has 5 heteroatoms. The van der Waals surface area contributed by atoms with Gasteiger partial charge < -0.3 is 0 Å². The van der Waals surface area contributed by atoms with Gasteiger partial charge in [-0.25, -0.2) is 4.98 Å². The van der Waals surface area contributed by atoms with Gasteiger partial charge in [-0.05, 0) is 6.92 Å². The predicted octanol–water partition coefficient (Wildman–Crippen LogP) is 3.31. The highest BCUT2D eigenvalue weighted by Gasteiger charge is 2.33. The zero-order valence-electron chi connectivity index (χ0n) is 12.9. The summed E-state index contributed by atoms with van der Waals surface area (Å²) >= 11 is 0. The SMILES string of the molecule is Cc1ccc(-c2c3c(nc4ncnn24)-c2ccccc2C3=O)cc1. The van der Waals surface area contributed by atoms with Crippen molar-refractivity contribution in [3.8, 4) is 22.5 Å². The number of hydrogen-bond acceptors (Lipinski definition) is 4. The van der Waals surface area contributed by atoms with Gasteiger partial charge in [-0.3, -0.25) is 4.79 Å². The maximum absolute atomic E-state index is 13.0. The molecule has 0 unspecified atom stereocenters. The third kappa shape index (κ3) is 1.64. The quantitative estimate of drug-likeness (QED) is 0.476. The largest absolute Gasteiger partial charge is 0.288 e. The van der Waals surface area contributed by atoms with Crippen LogP contribution in [0.2, 0.25) is 0 Å². The number of ketones is 1. The lowest BCUT2D eigenvalue weighted by atomic mass is 10.0. The monoisotopic (exact) mass is 312 g/mol. The lowest BCUT2D eigenvalue weighted by Crippen LogP contribution is -2.06. The molecule has 2 aromatic carbocycles. The molecule has 0 atom stereocenters. The Bertz CT molecular complexity index is 1130. The summed E-state index contributed by atoms with van der Waals surface area (Å²) in [7, 11) is 0. The molecule has 0 saturated carbocycles. The molecule has 0 spiro atoms. The summed E-state index contributed by atoms with van der Waals surface area (Å²) in [5.74, 6) is 0.481. The van der Waals surface area contributed by atoms with Crippen molar-refractivity contribution >= 4 is 11.6 Å². The van der Waals surface area contributed by atoms with Crippen molar-refractivity contribution < 1.29 is 4.79 Å². The minimum Gasteiger partial charge on any atom is -0.288 e. The Kier molecular flexibility index (Phi) is 2.51. The second-order valence-electron chi connectivity index (χ2n) is 5.90. The molecule has 114 valence electrons. The molecule has 0 aliphatic heterocycles. The fraction of sp³-hybridized carbons (Fsp3) is 0.0526. The maximum Gasteiger partial charge on any atom is 0.253 e. The molecular formula is C19H12N4O. The second-order valence-corrected chi connectivity index (χ2v) is 5.90. The fourth-order valence-corrected chi connectivity index (χ4v) is 3.25. The summed E-state index contributed by atoms with van der Waals surface area (Å²) in [5, 5.41) is 4.28. The molecule has 5 rings (SSSR count). The van der Waals surface area contributed by atoms with Crippen LogP contribution in [-0.4, -0.2) is 25.4 Å². The number of rotatable bonds is 1. The Hall–Kier alpha value is -3.34. The highest BCUT2D eigenvalue weighted by Crippen LogP contribution is 2.40. The lowest BCUT2D eigenvalue weighted by Gasteiger charge is -2.10. The zero-order valence-corrected chi connectivity index (χ0v) is 12.9. The third-order valence-corrected chi connectivity index (χ3v) is 4.41. The van der Waals surface area contributed by atoms with Gasteiger partial charge in [0, 0.05) is 16.7 Å². The van der Waals surface area contributed by atoms with Crippen LogP contribution in [0, 0.1) is 6.92 Å². The van der Waals surface area contributed by atoms with Crippen LogP contribution in [0.25, 0.3) is 28.3 Å². The second kappa shape index (κ2) is 4.58. The van der Waals surface area contributed by atoms with Crippen molar-refractivity contribution in [2.45, 2.75) is 6.92 Å². The molecule has 0 bridgehead atoms. The van der Waals surface area contributed by atoms with E-state index in [1.165, 1.54) is 6.33 Å². The van der Waals surface area contributed by atoms with Gasteiger partial charge in [-0.15, -0.1) is 0 Å². The maximum atomic E-state index is 13.0. The zero-order chi connectivity index (χ0) is 16.3. The molecule has 2 aromatic heterocycles. The molecule has 2 heterocycles. The van der Waals surface area contributed by atoms with Crippen LogP contribution >= 0.6 is 0 Å². The van der Waals surface area contributed by atoms with E-state index in [1.54, 1.807) is 4.52 Å². The Morgan fingerprint density at radius 1 is 0.958 bits per heavy atom. The molecule has 0 fully saturated rings. The van der Waals surface area contributed by atoms with Gasteiger partial charge in [0.1, 0.15) is 6.33 Å². The molecule has 0 N–H and O–H groups in total. The molecule has 0 saturated heterocycles. The first-order valence-electron chi connectivity index (χ1n) is 7.69. The molecule has 4 aromatic rings. The Morgan fingerprint density at radius 3 is 2.50 bits per heavy atom. The van der Waals surface area contributed by atoms with Gasteiger partial charge in [0.15, 0.2) is 5.78 Å². The number of aryl methyl sites for hydroxylation is 1. The molecule has 5 nitrogen and oxygen atoms in total. The van der Waals surface area contributed by atoms with E-state index >= 15 is 0 Å². The van der Waals surface area contributed by atoms with Gasteiger partial charge in [0.2, 0.25) is 0 Å². The first-order valence-corrected chi connectivity index (χ1v) is 7.69. The van der Waals surface area contributed by atoms with E-state index in [2.05, 4.69) is 15.1 Å². The smallest absolute Gasteiger partial charge is 0.253 e. The van der Waals surface area contributed by atoms with E-state index in [4.69, 9.17) is 0 Å². The van der Waals surface area contributed by atoms with Crippen LogP contribution in [0.3, 0.4) is 0 Å². The number of hydrogen-bond donors (Lipinski definition) is 0. The summed E-state index contributed by atoms with van der Waals surface area (Å²) in [5.41, 5.74) is 5.65. The molecule has 0 radical (unpaired) electrons. The molecule has 0 amide bonds. The van der Waals surface area contributed by atoms with Crippen LogP contribution in [0.5, 0.6) is 0 Å². The van der Waals surface area contributed by atoms with Crippen LogP contribution < -0.4 is 0 Å². The number of carbonyl (C=O) groups excluding carboxylic acids is 1. The van der Waals surface area contributed by atoms with E-state index in [1.807, 2.05) is 55.5 Å². The highest BCUT2D eigenvalue weighted by molar-refractivity contribution is 6.23. The summed E-state index contributed by atoms with van der Waals surface area (Å²) in [4.78, 5) is 21.8. The van der Waals surface area contributed by atoms with Gasteiger partial charge >= 0.3 is 0 Å². The van der Waals surface area contributed by atoms with Crippen molar-refractivity contribution in [1.82, 2.24) is 19.6 Å². The topological polar surface area (TPSA) is 60.1 Å². The van der Waals surface area contributed by atoms with Crippen molar-refractivity contribution in [1.29, 1.82) is 0 Å². The molecule has 1 aliphatic carbocycles. The third-order valence-electron chi connectivity index (χ3n) is 4.41. The average Bonchev–Trinajstić information content (AvgIpc) is 3.18. The summed E-state index contributed by atoms with van der Waals surface area (Å²) in [6.45, 7) is 2.03. The van der Waals surface area contributed by atoms with Crippen LogP contribution in [0.15, 0.2) is 54.9 Å². The number of aromatic nitrogens is 4. The molecule has 24 heavy (non-hydrogen) atoms. The van der Waals surface area contributed by atoms with Crippen molar-refractivity contribution in [3.63, 3.8) is 0 Å². The van der Waals surface area contributed by atoms with E-state index < -0.39 is 0 Å². The van der Waals surface area contributed by atoms with E-state index in [0.29, 0.717) is 22.6 Å². The van der Waals surface area contributed by atoms with Crippen LogP contribution in [0.1, 0.15) is 21.5 Å². The first kappa shape index (κ1) is 13.1. The number of nitrogens with zero attached hydrogens (tertiary/aromatic N) is 4. The number of benzene rings is 2. The van der Waals surface area contributed by atoms with Gasteiger partial charge in [-0.1, -0.05) is 54.1 Å². The van der Waals surface area contributed by atoms with Crippen molar-refractivity contribution in [2.75, 3.05) is 0 Å². The van der Waals surface area contributed by atoms with E-state index in [9.17, 15) is 4.79 Å². The Balaban J connectivity index is 1.93. The predicted molar refractivity (Wildman–Crippen MR) is 89.8 cm³/mol.